The minimum absolute atomic E-state index is 0.390. The molecule has 0 unspecified atom stereocenters. The van der Waals surface area contributed by atoms with Crippen molar-refractivity contribution in [2.75, 3.05) is 67.1 Å². The third kappa shape index (κ3) is 52.2. The summed E-state index contributed by atoms with van der Waals surface area (Å²) in [6, 6.07) is 72.4. The summed E-state index contributed by atoms with van der Waals surface area (Å²) < 4.78 is 15.5. The van der Waals surface area contributed by atoms with E-state index in [1.807, 2.05) is 91.0 Å². The van der Waals surface area contributed by atoms with E-state index in [9.17, 15) is 0 Å². The van der Waals surface area contributed by atoms with Gasteiger partial charge in [0.1, 0.15) is 17.2 Å². The number of methoxy groups -OCH3 is 3. The van der Waals surface area contributed by atoms with E-state index in [4.69, 9.17) is 60.6 Å². The van der Waals surface area contributed by atoms with Crippen LogP contribution in [0.1, 0.15) is 194 Å². The molecule has 108 heavy (non-hydrogen) atoms. The summed E-state index contributed by atoms with van der Waals surface area (Å²) in [6.07, 6.45) is 5.13. The Bertz CT molecular complexity index is 3360. The largest absolute Gasteiger partial charge is 0.497 e. The lowest BCUT2D eigenvalue weighted by atomic mass is 10.0. The molecular formula is C93H142Cl4N8O3. The van der Waals surface area contributed by atoms with Crippen LogP contribution in [0.25, 0.3) is 0 Å². The van der Waals surface area contributed by atoms with Crippen LogP contribution in [0, 0.1) is 0 Å². The Morgan fingerprint density at radius 1 is 0.278 bits per heavy atom. The molecule has 0 fully saturated rings. The molecule has 8 aromatic rings. The molecule has 0 aliphatic carbocycles. The number of hydrogen-bond acceptors (Lipinski definition) is 11. The molecule has 600 valence electrons. The zero-order valence-corrected chi connectivity index (χ0v) is 73.1. The van der Waals surface area contributed by atoms with Crippen LogP contribution in [-0.4, -0.2) is 115 Å². The van der Waals surface area contributed by atoms with Crippen molar-refractivity contribution in [1.29, 1.82) is 0 Å². The van der Waals surface area contributed by atoms with Gasteiger partial charge in [-0.15, -0.1) is 0 Å². The summed E-state index contributed by atoms with van der Waals surface area (Å²) in [7, 11) is 5.09. The fraction of sp³-hybridized carbons (Fsp3) is 0.484. The molecule has 0 bridgehead atoms. The monoisotopic (exact) mass is 1560 g/mol. The molecule has 15 heteroatoms. The molecule has 0 radical (unpaired) electrons. The van der Waals surface area contributed by atoms with Gasteiger partial charge < -0.3 is 56.7 Å². The Hall–Kier alpha value is -6.00. The van der Waals surface area contributed by atoms with E-state index in [1.54, 1.807) is 21.3 Å². The summed E-state index contributed by atoms with van der Waals surface area (Å²) in [5.74, 6) is 4.02. The first kappa shape index (κ1) is 100. The fourth-order valence-corrected chi connectivity index (χ4v) is 11.0. The highest BCUT2D eigenvalue weighted by Crippen LogP contribution is 2.24. The predicted octanol–water partition coefficient (Wildman–Crippen LogP) is 22.1. The van der Waals surface area contributed by atoms with Crippen molar-refractivity contribution >= 4 is 46.4 Å². The Morgan fingerprint density at radius 2 is 0.620 bits per heavy atom. The molecule has 0 saturated carbocycles. The van der Waals surface area contributed by atoms with Gasteiger partial charge in [-0.3, -0.25) is 0 Å². The number of halogens is 4. The van der Waals surface area contributed by atoms with Crippen LogP contribution in [0.5, 0.6) is 17.2 Å². The van der Waals surface area contributed by atoms with Gasteiger partial charge in [-0.05, 0) is 189 Å². The van der Waals surface area contributed by atoms with Gasteiger partial charge in [0.05, 0.1) is 31.4 Å². The van der Waals surface area contributed by atoms with E-state index in [0.29, 0.717) is 76.3 Å². The lowest BCUT2D eigenvalue weighted by Gasteiger charge is -2.17. The van der Waals surface area contributed by atoms with Crippen LogP contribution >= 0.6 is 46.4 Å². The number of rotatable bonds is 34. The zero-order valence-electron chi connectivity index (χ0n) is 70.1. The van der Waals surface area contributed by atoms with E-state index < -0.39 is 0 Å². The summed E-state index contributed by atoms with van der Waals surface area (Å²) in [6.45, 7) is 48.3. The molecule has 0 amide bonds. The first-order valence-electron chi connectivity index (χ1n) is 39.3. The van der Waals surface area contributed by atoms with Crippen LogP contribution in [0.3, 0.4) is 0 Å². The predicted molar refractivity (Wildman–Crippen MR) is 475 cm³/mol. The highest BCUT2D eigenvalue weighted by molar-refractivity contribution is 6.42. The van der Waals surface area contributed by atoms with Crippen LogP contribution in [0.4, 0.5) is 0 Å². The molecule has 11 nitrogen and oxygen atoms in total. The number of nitrogens with one attached hydrogen (secondary N) is 8. The smallest absolute Gasteiger partial charge is 0.122 e. The van der Waals surface area contributed by atoms with Gasteiger partial charge in [-0.2, -0.15) is 0 Å². The highest BCUT2D eigenvalue weighted by atomic mass is 35.5. The Labute approximate surface area is 677 Å². The van der Waals surface area contributed by atoms with Crippen LogP contribution in [-0.2, 0) is 32.1 Å². The van der Waals surface area contributed by atoms with Crippen molar-refractivity contribution in [1.82, 2.24) is 42.5 Å². The molecule has 8 rings (SSSR count). The molecule has 0 aromatic heterocycles. The molecule has 0 aliphatic rings. The first-order valence-corrected chi connectivity index (χ1v) is 40.8. The van der Waals surface area contributed by atoms with Crippen LogP contribution in [0.2, 0.25) is 20.1 Å². The minimum Gasteiger partial charge on any atom is -0.497 e. The molecule has 8 N–H and O–H groups in total. The standard InChI is InChI=1S/3C12H19NO.2C12H19N.C11H15Cl2N.2C11H16ClN/c1-9(2)13-10(3)11-5-7-12(14-4)8-6-11;1-10(2)13-9-8-11-4-6-12(14-3)7-5-11;1-10(2)13-9-8-11-6-4-5-7-12(11)14-3;2*1-10(2)13-9-11(3)12-7-5-4-6-8-12;1-8(2)14-6-5-9-3-4-10(12)11(13)7-9;1-9(2)13-8-7-10-3-5-11(12)6-4-10;1-9(2)13-8-7-10-5-3-4-6-11(10)12/h5-10,13H,1-4H3;2*4-7,10,13H,8-9H2,1-3H3;2*4-8,10-11,13H,9H2,1-3H3;3-4,7-8,14H,5-6H2,1-2H3;2*3-6,9,13H,7-8H2,1-2H3/t10-;;;2*11-;;;/m1..10.../s1. The number of benzene rings is 8. The second-order valence-electron chi connectivity index (χ2n) is 29.5. The molecular weight excluding hydrogens is 1420 g/mol. The summed E-state index contributed by atoms with van der Waals surface area (Å²) >= 11 is 23.5. The number of ether oxygens (including phenoxy) is 3. The topological polar surface area (TPSA) is 124 Å². The van der Waals surface area contributed by atoms with Gasteiger partial charge in [-0.1, -0.05) is 311 Å². The van der Waals surface area contributed by atoms with Crippen molar-refractivity contribution in [3.05, 3.63) is 265 Å². The number of hydrogen-bond donors (Lipinski definition) is 8. The lowest BCUT2D eigenvalue weighted by molar-refractivity contribution is 0.408. The van der Waals surface area contributed by atoms with Crippen molar-refractivity contribution in [3.8, 4) is 17.2 Å². The van der Waals surface area contributed by atoms with Gasteiger partial charge in [0.2, 0.25) is 0 Å². The second kappa shape index (κ2) is 61.6. The SMILES string of the molecule is CC(C)NCCc1ccc(Cl)c(Cl)c1.CC(C)NCCc1ccc(Cl)cc1.CC(C)NCCc1ccccc1Cl.CC(C)NC[C@@H](C)c1ccccc1.CC(C)NC[C@H](C)c1ccccc1.COc1ccc(CCNC(C)C)cc1.COc1ccc([C@@H](C)NC(C)C)cc1.COc1ccccc1CCNC(C)C. The minimum atomic E-state index is 0.390. The maximum atomic E-state index is 6.01. The maximum absolute atomic E-state index is 6.01. The molecule has 0 saturated heterocycles. The van der Waals surface area contributed by atoms with E-state index in [-0.39, 0.29) is 0 Å². The van der Waals surface area contributed by atoms with E-state index in [2.05, 4.69) is 283 Å². The molecule has 0 spiro atoms. The van der Waals surface area contributed by atoms with E-state index in [1.165, 1.54) is 44.5 Å². The lowest BCUT2D eigenvalue weighted by Crippen LogP contribution is -2.26. The summed E-state index contributed by atoms with van der Waals surface area (Å²) in [5.41, 5.74) is 10.5. The van der Waals surface area contributed by atoms with Gasteiger partial charge in [-0.25, -0.2) is 0 Å². The fourth-order valence-electron chi connectivity index (χ4n) is 10.4. The highest BCUT2D eigenvalue weighted by Gasteiger charge is 2.09. The molecule has 0 aliphatic heterocycles. The van der Waals surface area contributed by atoms with Crippen molar-refractivity contribution in [3.63, 3.8) is 0 Å². The quantitative estimate of drug-likeness (QED) is 0.0197. The third-order valence-electron chi connectivity index (χ3n) is 16.6. The van der Waals surface area contributed by atoms with Gasteiger partial charge in [0.15, 0.2) is 0 Å². The van der Waals surface area contributed by atoms with Crippen LogP contribution in [0.15, 0.2) is 200 Å². The Balaban J connectivity index is 0.000000617. The Morgan fingerprint density at radius 3 is 1.00 bits per heavy atom. The summed E-state index contributed by atoms with van der Waals surface area (Å²) in [5, 5.41) is 30.1. The van der Waals surface area contributed by atoms with Crippen molar-refractivity contribution < 1.29 is 14.2 Å². The second-order valence-corrected chi connectivity index (χ2v) is 31.1. The Kier molecular flexibility index (Phi) is 57.1. The average Bonchev–Trinajstić information content (AvgIpc) is 0.921. The van der Waals surface area contributed by atoms with E-state index >= 15 is 0 Å². The normalized spacial score (nSPS) is 11.6. The van der Waals surface area contributed by atoms with Crippen molar-refractivity contribution in [2.45, 2.75) is 230 Å². The van der Waals surface area contributed by atoms with Crippen molar-refractivity contribution in [2.24, 2.45) is 0 Å². The maximum Gasteiger partial charge on any atom is 0.122 e. The average molecular weight is 1560 g/mol. The van der Waals surface area contributed by atoms with Gasteiger partial charge in [0, 0.05) is 77.5 Å². The molecule has 0 heterocycles. The van der Waals surface area contributed by atoms with Gasteiger partial charge in [0.25, 0.3) is 0 Å². The number of para-hydroxylation sites is 1. The molecule has 8 aromatic carbocycles. The summed E-state index contributed by atoms with van der Waals surface area (Å²) in [4.78, 5) is 0. The van der Waals surface area contributed by atoms with Gasteiger partial charge >= 0.3 is 0 Å². The molecule has 3 atom stereocenters. The zero-order chi connectivity index (χ0) is 80.6. The third-order valence-corrected chi connectivity index (χ3v) is 18.0. The van der Waals surface area contributed by atoms with E-state index in [0.717, 1.165) is 105 Å². The van der Waals surface area contributed by atoms with Crippen LogP contribution < -0.4 is 56.7 Å². The first-order chi connectivity index (χ1) is 51.5.